The zero-order valence-electron chi connectivity index (χ0n) is 19.9. The minimum Gasteiger partial charge on any atom is -0.441 e. The fraction of sp³-hybridized carbons (Fsp3) is 0.310. The van der Waals surface area contributed by atoms with Gasteiger partial charge in [-0.15, -0.1) is 0 Å². The highest BCUT2D eigenvalue weighted by atomic mass is 16.6. The van der Waals surface area contributed by atoms with Gasteiger partial charge in [-0.1, -0.05) is 84.9 Å². The standard InChI is InChI=1S/C29H31N3O3/c33-27(30-18-15-23-9-3-1-4-10-23)31-19-16-29(17-20-31)22-32(28(34)35-29)21-25-13-7-8-14-26(25)24-11-5-2-6-12-24/h1-14H,15-22H2,(H,30,33). The molecule has 0 saturated carbocycles. The maximum atomic E-state index is 12.8. The third-order valence-electron chi connectivity index (χ3n) is 7.00. The van der Waals surface area contributed by atoms with Crippen LogP contribution in [-0.2, 0) is 17.7 Å². The Balaban J connectivity index is 1.15. The molecule has 1 N–H and O–H groups in total. The monoisotopic (exact) mass is 469 g/mol. The molecule has 2 aliphatic rings. The van der Waals surface area contributed by atoms with E-state index in [0.29, 0.717) is 45.6 Å². The second-order valence-corrected chi connectivity index (χ2v) is 9.38. The summed E-state index contributed by atoms with van der Waals surface area (Å²) in [5.41, 5.74) is 4.06. The number of hydrogen-bond donors (Lipinski definition) is 1. The largest absolute Gasteiger partial charge is 0.441 e. The van der Waals surface area contributed by atoms with Gasteiger partial charge in [0.15, 0.2) is 0 Å². The minimum atomic E-state index is -0.514. The van der Waals surface area contributed by atoms with E-state index in [9.17, 15) is 9.59 Å². The average molecular weight is 470 g/mol. The predicted molar refractivity (Wildman–Crippen MR) is 136 cm³/mol. The van der Waals surface area contributed by atoms with Gasteiger partial charge in [0.25, 0.3) is 0 Å². The molecule has 6 nitrogen and oxygen atoms in total. The highest BCUT2D eigenvalue weighted by Crippen LogP contribution is 2.35. The lowest BCUT2D eigenvalue weighted by Gasteiger charge is -2.37. The predicted octanol–water partition coefficient (Wildman–Crippen LogP) is 5.09. The first-order valence-electron chi connectivity index (χ1n) is 12.3. The highest BCUT2D eigenvalue weighted by Gasteiger charge is 2.47. The van der Waals surface area contributed by atoms with Gasteiger partial charge in [-0.2, -0.15) is 0 Å². The Morgan fingerprint density at radius 1 is 0.886 bits per heavy atom. The van der Waals surface area contributed by atoms with Gasteiger partial charge in [-0.3, -0.25) is 4.90 Å². The van der Waals surface area contributed by atoms with Gasteiger partial charge in [0.2, 0.25) is 0 Å². The Bertz CT molecular complexity index is 1160. The van der Waals surface area contributed by atoms with E-state index in [0.717, 1.165) is 23.1 Å². The molecule has 0 atom stereocenters. The smallest absolute Gasteiger partial charge is 0.410 e. The molecule has 0 aliphatic carbocycles. The minimum absolute atomic E-state index is 0.0475. The molecule has 0 unspecified atom stereocenters. The maximum absolute atomic E-state index is 12.8. The topological polar surface area (TPSA) is 61.9 Å². The zero-order valence-corrected chi connectivity index (χ0v) is 19.9. The fourth-order valence-corrected chi connectivity index (χ4v) is 5.03. The summed E-state index contributed by atoms with van der Waals surface area (Å²) in [6.45, 7) is 2.83. The lowest BCUT2D eigenvalue weighted by molar-refractivity contribution is 0.00966. The van der Waals surface area contributed by atoms with Crippen LogP contribution in [0.4, 0.5) is 9.59 Å². The van der Waals surface area contributed by atoms with Gasteiger partial charge in [0.05, 0.1) is 6.54 Å². The van der Waals surface area contributed by atoms with E-state index in [1.807, 2.05) is 53.4 Å². The molecule has 3 aromatic carbocycles. The molecular weight excluding hydrogens is 438 g/mol. The molecule has 0 bridgehead atoms. The lowest BCUT2D eigenvalue weighted by Crippen LogP contribution is -2.51. The Labute approximate surface area is 206 Å². The van der Waals surface area contributed by atoms with Crippen molar-refractivity contribution in [1.82, 2.24) is 15.1 Å². The molecule has 2 saturated heterocycles. The number of carbonyl (C=O) groups excluding carboxylic acids is 2. The van der Waals surface area contributed by atoms with Crippen molar-refractivity contribution in [2.45, 2.75) is 31.4 Å². The van der Waals surface area contributed by atoms with Crippen LogP contribution in [0.15, 0.2) is 84.9 Å². The lowest BCUT2D eigenvalue weighted by atomic mass is 9.91. The average Bonchev–Trinajstić information content (AvgIpc) is 3.19. The molecule has 2 heterocycles. The Hall–Kier alpha value is -3.80. The van der Waals surface area contributed by atoms with Crippen LogP contribution in [0.5, 0.6) is 0 Å². The van der Waals surface area contributed by atoms with Crippen LogP contribution in [0.2, 0.25) is 0 Å². The third kappa shape index (κ3) is 5.32. The number of piperidine rings is 1. The number of ether oxygens (including phenoxy) is 1. The summed E-state index contributed by atoms with van der Waals surface area (Å²) in [7, 11) is 0. The van der Waals surface area contributed by atoms with Crippen molar-refractivity contribution in [3.63, 3.8) is 0 Å². The van der Waals surface area contributed by atoms with Gasteiger partial charge in [-0.25, -0.2) is 9.59 Å². The molecule has 6 heteroatoms. The van der Waals surface area contributed by atoms with E-state index >= 15 is 0 Å². The number of urea groups is 1. The number of amides is 3. The van der Waals surface area contributed by atoms with E-state index < -0.39 is 5.60 Å². The van der Waals surface area contributed by atoms with E-state index in [2.05, 4.69) is 41.7 Å². The second kappa shape index (κ2) is 10.2. The maximum Gasteiger partial charge on any atom is 0.410 e. The first-order valence-corrected chi connectivity index (χ1v) is 12.3. The summed E-state index contributed by atoms with van der Waals surface area (Å²) in [5, 5.41) is 3.02. The number of carbonyl (C=O) groups is 2. The fourth-order valence-electron chi connectivity index (χ4n) is 5.03. The number of nitrogens with zero attached hydrogens (tertiary/aromatic N) is 2. The molecule has 35 heavy (non-hydrogen) atoms. The summed E-state index contributed by atoms with van der Waals surface area (Å²) in [4.78, 5) is 29.1. The molecule has 0 aromatic heterocycles. The van der Waals surface area contributed by atoms with Crippen molar-refractivity contribution < 1.29 is 14.3 Å². The van der Waals surface area contributed by atoms with E-state index in [1.165, 1.54) is 5.56 Å². The molecule has 3 amide bonds. The summed E-state index contributed by atoms with van der Waals surface area (Å²) in [5.74, 6) is 0. The summed E-state index contributed by atoms with van der Waals surface area (Å²) in [6, 6.07) is 28.5. The van der Waals surface area contributed by atoms with E-state index in [4.69, 9.17) is 4.74 Å². The highest BCUT2D eigenvalue weighted by molar-refractivity contribution is 5.75. The van der Waals surface area contributed by atoms with Crippen LogP contribution in [0, 0.1) is 0 Å². The molecule has 5 rings (SSSR count). The molecule has 2 fully saturated rings. The van der Waals surface area contributed by atoms with Gasteiger partial charge in [0, 0.05) is 39.0 Å². The SMILES string of the molecule is O=C(NCCc1ccccc1)N1CCC2(CC1)CN(Cc1ccccc1-c1ccccc1)C(=O)O2. The second-order valence-electron chi connectivity index (χ2n) is 9.38. The first-order chi connectivity index (χ1) is 17.1. The van der Waals surface area contributed by atoms with Gasteiger partial charge < -0.3 is 15.0 Å². The number of hydrogen-bond acceptors (Lipinski definition) is 3. The normalized spacial score (nSPS) is 16.9. The number of benzene rings is 3. The van der Waals surface area contributed by atoms with Gasteiger partial charge in [-0.05, 0) is 28.7 Å². The van der Waals surface area contributed by atoms with Gasteiger partial charge >= 0.3 is 12.1 Å². The van der Waals surface area contributed by atoms with E-state index in [-0.39, 0.29) is 12.1 Å². The van der Waals surface area contributed by atoms with Crippen molar-refractivity contribution in [2.24, 2.45) is 0 Å². The Morgan fingerprint density at radius 2 is 1.54 bits per heavy atom. The third-order valence-corrected chi connectivity index (χ3v) is 7.00. The van der Waals surface area contributed by atoms with Crippen LogP contribution in [0.25, 0.3) is 11.1 Å². The number of nitrogens with one attached hydrogen (secondary N) is 1. The van der Waals surface area contributed by atoms with E-state index in [1.54, 1.807) is 4.90 Å². The Morgan fingerprint density at radius 3 is 2.29 bits per heavy atom. The summed E-state index contributed by atoms with van der Waals surface area (Å²) < 4.78 is 5.92. The van der Waals surface area contributed by atoms with Crippen molar-refractivity contribution >= 4 is 12.1 Å². The van der Waals surface area contributed by atoms with Crippen molar-refractivity contribution in [1.29, 1.82) is 0 Å². The van der Waals surface area contributed by atoms with Crippen molar-refractivity contribution in [3.8, 4) is 11.1 Å². The quantitative estimate of drug-likeness (QED) is 0.547. The van der Waals surface area contributed by atoms with Crippen LogP contribution in [0.3, 0.4) is 0 Å². The molecule has 1 spiro atoms. The van der Waals surface area contributed by atoms with Crippen LogP contribution in [-0.4, -0.2) is 53.7 Å². The first kappa shape index (κ1) is 23.0. The van der Waals surface area contributed by atoms with Gasteiger partial charge in [0.1, 0.15) is 5.60 Å². The van der Waals surface area contributed by atoms with Crippen LogP contribution >= 0.6 is 0 Å². The number of likely N-dealkylation sites (tertiary alicyclic amines) is 1. The molecule has 2 aliphatic heterocycles. The zero-order chi connectivity index (χ0) is 24.1. The van der Waals surface area contributed by atoms with Crippen molar-refractivity contribution in [2.75, 3.05) is 26.2 Å². The van der Waals surface area contributed by atoms with Crippen molar-refractivity contribution in [3.05, 3.63) is 96.1 Å². The van der Waals surface area contributed by atoms with Crippen LogP contribution < -0.4 is 5.32 Å². The summed E-state index contributed by atoms with van der Waals surface area (Å²) in [6.07, 6.45) is 1.85. The summed E-state index contributed by atoms with van der Waals surface area (Å²) >= 11 is 0. The molecule has 0 radical (unpaired) electrons. The molecular formula is C29H31N3O3. The number of rotatable bonds is 6. The Kier molecular flexibility index (Phi) is 6.70. The molecule has 3 aromatic rings. The molecule has 180 valence electrons. The van der Waals surface area contributed by atoms with Crippen LogP contribution in [0.1, 0.15) is 24.0 Å².